The Hall–Kier alpha value is -2.05. The molecule has 3 N–H and O–H groups in total. The molecule has 5 nitrogen and oxygen atoms in total. The van der Waals surface area contributed by atoms with Gasteiger partial charge in [0.1, 0.15) is 5.75 Å². The van der Waals surface area contributed by atoms with Crippen molar-refractivity contribution in [1.29, 1.82) is 0 Å². The number of nitrogens with two attached hydrogens (primary N) is 1. The first-order valence-electron chi connectivity index (χ1n) is 6.90. The summed E-state index contributed by atoms with van der Waals surface area (Å²) in [5.74, 6) is 0.579. The number of benzene rings is 1. The van der Waals surface area contributed by atoms with Gasteiger partial charge in [-0.3, -0.25) is 9.78 Å². The fourth-order valence-electron chi connectivity index (χ4n) is 1.85. The highest BCUT2D eigenvalue weighted by Crippen LogP contribution is 2.35. The van der Waals surface area contributed by atoms with Crippen molar-refractivity contribution < 1.29 is 9.53 Å². The molecular weight excluding hydrogens is 298 g/mol. The molecule has 6 heteroatoms. The lowest BCUT2D eigenvalue weighted by Crippen LogP contribution is -2.24. The number of ether oxygens (including phenoxy) is 1. The molecule has 0 saturated heterocycles. The predicted octanol–water partition coefficient (Wildman–Crippen LogP) is 2.92. The fourth-order valence-corrected chi connectivity index (χ4v) is 2.72. The number of nitrogens with one attached hydrogen (secondary N) is 1. The van der Waals surface area contributed by atoms with Crippen molar-refractivity contribution in [2.24, 2.45) is 5.73 Å². The number of hydrogen-bond donors (Lipinski definition) is 2. The molecule has 22 heavy (non-hydrogen) atoms. The summed E-state index contributed by atoms with van der Waals surface area (Å²) >= 11 is 1.55. The standard InChI is InChI=1S/C16H19N3O2S/c1-11(17)9-16(20)19-14-10-12(21-2)3-4-15(14)22-13-5-7-18-8-6-13/h3-8,10-11H,9,17H2,1-2H3,(H,19,20). The first kappa shape index (κ1) is 16.3. The van der Waals surface area contributed by atoms with E-state index in [2.05, 4.69) is 10.3 Å². The van der Waals surface area contributed by atoms with Crippen molar-refractivity contribution in [3.63, 3.8) is 0 Å². The summed E-state index contributed by atoms with van der Waals surface area (Å²) in [6.45, 7) is 1.80. The Bertz CT molecular complexity index is 633. The van der Waals surface area contributed by atoms with Crippen LogP contribution in [0.2, 0.25) is 0 Å². The van der Waals surface area contributed by atoms with Crippen LogP contribution < -0.4 is 15.8 Å². The summed E-state index contributed by atoms with van der Waals surface area (Å²) in [4.78, 5) is 18.0. The second-order valence-corrected chi connectivity index (χ2v) is 5.99. The van der Waals surface area contributed by atoms with Crippen LogP contribution in [-0.2, 0) is 4.79 Å². The van der Waals surface area contributed by atoms with Gasteiger partial charge in [-0.05, 0) is 31.2 Å². The third-order valence-corrected chi connectivity index (χ3v) is 3.93. The quantitative estimate of drug-likeness (QED) is 0.856. The highest BCUT2D eigenvalue weighted by molar-refractivity contribution is 7.99. The van der Waals surface area contributed by atoms with Gasteiger partial charge >= 0.3 is 0 Å². The first-order valence-corrected chi connectivity index (χ1v) is 7.71. The maximum atomic E-state index is 12.0. The number of rotatable bonds is 6. The van der Waals surface area contributed by atoms with Crippen molar-refractivity contribution in [1.82, 2.24) is 4.98 Å². The monoisotopic (exact) mass is 317 g/mol. The SMILES string of the molecule is COc1ccc(Sc2ccncc2)c(NC(=O)CC(C)N)c1. The second kappa shape index (κ2) is 7.82. The van der Waals surface area contributed by atoms with E-state index in [-0.39, 0.29) is 18.4 Å². The number of nitrogens with zero attached hydrogens (tertiary/aromatic N) is 1. The van der Waals surface area contributed by atoms with E-state index in [0.717, 1.165) is 9.79 Å². The number of carbonyl (C=O) groups excluding carboxylic acids is 1. The van der Waals surface area contributed by atoms with Gasteiger partial charge in [0, 0.05) is 40.7 Å². The summed E-state index contributed by atoms with van der Waals surface area (Å²) in [5.41, 5.74) is 6.38. The summed E-state index contributed by atoms with van der Waals surface area (Å²) < 4.78 is 5.23. The lowest BCUT2D eigenvalue weighted by molar-refractivity contribution is -0.116. The van der Waals surface area contributed by atoms with Gasteiger partial charge in [0.25, 0.3) is 0 Å². The van der Waals surface area contributed by atoms with Crippen molar-refractivity contribution in [2.75, 3.05) is 12.4 Å². The van der Waals surface area contributed by atoms with Crippen molar-refractivity contribution >= 4 is 23.4 Å². The second-order valence-electron chi connectivity index (χ2n) is 4.88. The molecule has 2 aromatic rings. The zero-order valence-electron chi connectivity index (χ0n) is 12.6. The predicted molar refractivity (Wildman–Crippen MR) is 88.3 cm³/mol. The van der Waals surface area contributed by atoms with Gasteiger partial charge in [0.05, 0.1) is 12.8 Å². The number of pyridine rings is 1. The number of anilines is 1. The van der Waals surface area contributed by atoms with Crippen molar-refractivity contribution in [2.45, 2.75) is 29.2 Å². The zero-order valence-corrected chi connectivity index (χ0v) is 13.4. The van der Waals surface area contributed by atoms with E-state index in [1.807, 2.05) is 30.3 Å². The Morgan fingerprint density at radius 2 is 2.09 bits per heavy atom. The molecule has 1 unspecified atom stereocenters. The molecule has 1 amide bonds. The molecular formula is C16H19N3O2S. The van der Waals surface area contributed by atoms with Crippen LogP contribution in [0, 0.1) is 0 Å². The van der Waals surface area contributed by atoms with E-state index in [1.54, 1.807) is 38.2 Å². The molecule has 1 atom stereocenters. The number of methoxy groups -OCH3 is 1. The topological polar surface area (TPSA) is 77.2 Å². The summed E-state index contributed by atoms with van der Waals surface area (Å²) in [5, 5.41) is 2.90. The maximum Gasteiger partial charge on any atom is 0.225 e. The Morgan fingerprint density at radius 3 is 2.73 bits per heavy atom. The minimum atomic E-state index is -0.179. The van der Waals surface area contributed by atoms with Crippen LogP contribution >= 0.6 is 11.8 Å². The van der Waals surface area contributed by atoms with E-state index in [1.165, 1.54) is 0 Å². The molecule has 0 aliphatic carbocycles. The minimum absolute atomic E-state index is 0.111. The molecule has 0 aliphatic rings. The lowest BCUT2D eigenvalue weighted by atomic mass is 10.2. The van der Waals surface area contributed by atoms with Crippen LogP contribution in [0.15, 0.2) is 52.5 Å². The highest BCUT2D eigenvalue weighted by Gasteiger charge is 2.11. The largest absolute Gasteiger partial charge is 0.497 e. The first-order chi connectivity index (χ1) is 10.6. The molecule has 1 aromatic carbocycles. The Morgan fingerprint density at radius 1 is 1.36 bits per heavy atom. The Labute approximate surface area is 134 Å². The molecule has 2 rings (SSSR count). The number of carbonyl (C=O) groups is 1. The van der Waals surface area contributed by atoms with E-state index in [4.69, 9.17) is 10.5 Å². The van der Waals surface area contributed by atoms with Crippen LogP contribution in [0.5, 0.6) is 5.75 Å². The van der Waals surface area contributed by atoms with Crippen molar-refractivity contribution in [3.8, 4) is 5.75 Å². The number of aromatic nitrogens is 1. The van der Waals surface area contributed by atoms with Gasteiger partial charge in [-0.2, -0.15) is 0 Å². The average molecular weight is 317 g/mol. The van der Waals surface area contributed by atoms with Gasteiger partial charge in [-0.15, -0.1) is 0 Å². The van der Waals surface area contributed by atoms with Gasteiger partial charge < -0.3 is 15.8 Å². The summed E-state index contributed by atoms with van der Waals surface area (Å²) in [7, 11) is 1.60. The number of amides is 1. The Balaban J connectivity index is 2.23. The number of hydrogen-bond acceptors (Lipinski definition) is 5. The smallest absolute Gasteiger partial charge is 0.225 e. The molecule has 0 saturated carbocycles. The third kappa shape index (κ3) is 4.75. The molecule has 116 valence electrons. The van der Waals surface area contributed by atoms with Crippen molar-refractivity contribution in [3.05, 3.63) is 42.7 Å². The minimum Gasteiger partial charge on any atom is -0.497 e. The lowest BCUT2D eigenvalue weighted by Gasteiger charge is -2.13. The molecule has 1 aromatic heterocycles. The van der Waals surface area contributed by atoms with Crippen LogP contribution in [0.1, 0.15) is 13.3 Å². The molecule has 0 fully saturated rings. The van der Waals surface area contributed by atoms with Crippen LogP contribution in [0.4, 0.5) is 5.69 Å². The van der Waals surface area contributed by atoms with Gasteiger partial charge in [-0.25, -0.2) is 0 Å². The van der Waals surface area contributed by atoms with Gasteiger partial charge in [0.15, 0.2) is 0 Å². The van der Waals surface area contributed by atoms with Crippen LogP contribution in [0.25, 0.3) is 0 Å². The molecule has 0 radical (unpaired) electrons. The highest BCUT2D eigenvalue weighted by atomic mass is 32.2. The van der Waals surface area contributed by atoms with Gasteiger partial charge in [0.2, 0.25) is 5.91 Å². The average Bonchev–Trinajstić information content (AvgIpc) is 2.49. The molecule has 1 heterocycles. The maximum absolute atomic E-state index is 12.0. The van der Waals surface area contributed by atoms with E-state index >= 15 is 0 Å². The fraction of sp³-hybridized carbons (Fsp3) is 0.250. The Kier molecular flexibility index (Phi) is 5.80. The summed E-state index contributed by atoms with van der Waals surface area (Å²) in [6.07, 6.45) is 3.75. The van der Waals surface area contributed by atoms with E-state index in [0.29, 0.717) is 11.4 Å². The van der Waals surface area contributed by atoms with Gasteiger partial charge in [-0.1, -0.05) is 11.8 Å². The normalized spacial score (nSPS) is 11.8. The van der Waals surface area contributed by atoms with E-state index in [9.17, 15) is 4.79 Å². The van der Waals surface area contributed by atoms with E-state index < -0.39 is 0 Å². The summed E-state index contributed by atoms with van der Waals surface area (Å²) in [6, 6.07) is 9.26. The molecule has 0 spiro atoms. The molecule has 0 bridgehead atoms. The third-order valence-electron chi connectivity index (χ3n) is 2.85. The molecule has 0 aliphatic heterocycles. The van der Waals surface area contributed by atoms with Crippen LogP contribution in [0.3, 0.4) is 0 Å². The zero-order chi connectivity index (χ0) is 15.9. The van der Waals surface area contributed by atoms with Crippen LogP contribution in [-0.4, -0.2) is 24.0 Å².